The summed E-state index contributed by atoms with van der Waals surface area (Å²) < 4.78 is 20.6. The molecular weight excluding hydrogens is 391 g/mol. The van der Waals surface area contributed by atoms with E-state index < -0.39 is 0 Å². The Hall–Kier alpha value is -3.51. The molecule has 0 unspecified atom stereocenters. The zero-order valence-corrected chi connectivity index (χ0v) is 16.1. The van der Waals surface area contributed by atoms with Gasteiger partial charge in [0, 0.05) is 5.56 Å². The predicted octanol–water partition coefficient (Wildman–Crippen LogP) is 5.44. The predicted molar refractivity (Wildman–Crippen MR) is 111 cm³/mol. The van der Waals surface area contributed by atoms with Crippen LogP contribution in [0.3, 0.4) is 0 Å². The van der Waals surface area contributed by atoms with E-state index in [2.05, 4.69) is 4.98 Å². The molecule has 0 atom stereocenters. The maximum absolute atomic E-state index is 13.5. The first kappa shape index (κ1) is 17.6. The van der Waals surface area contributed by atoms with Crippen molar-refractivity contribution in [2.24, 2.45) is 0 Å². The zero-order valence-electron chi connectivity index (χ0n) is 15.3. The van der Waals surface area contributed by atoms with Crippen molar-refractivity contribution in [3.63, 3.8) is 0 Å². The molecule has 5 aromatic rings. The lowest BCUT2D eigenvalue weighted by molar-refractivity contribution is 0.415. The van der Waals surface area contributed by atoms with Gasteiger partial charge in [-0.25, -0.2) is 19.3 Å². The Morgan fingerprint density at radius 3 is 2.31 bits per heavy atom. The van der Waals surface area contributed by atoms with Gasteiger partial charge in [-0.1, -0.05) is 23.7 Å². The zero-order chi connectivity index (χ0) is 20.0. The molecule has 0 amide bonds. The van der Waals surface area contributed by atoms with Gasteiger partial charge >= 0.3 is 0 Å². The number of para-hydroxylation sites is 2. The van der Waals surface area contributed by atoms with Crippen LogP contribution >= 0.6 is 11.6 Å². The van der Waals surface area contributed by atoms with Gasteiger partial charge in [0.05, 0.1) is 28.9 Å². The fourth-order valence-corrected chi connectivity index (χ4v) is 3.54. The summed E-state index contributed by atoms with van der Waals surface area (Å²) in [6.45, 7) is 0. The number of rotatable bonds is 3. The maximum atomic E-state index is 13.5. The second-order valence-corrected chi connectivity index (χ2v) is 6.86. The molecule has 0 aliphatic rings. The highest BCUT2D eigenvalue weighted by Gasteiger charge is 2.18. The summed E-state index contributed by atoms with van der Waals surface area (Å²) in [6, 6.07) is 19.2. The number of fused-ring (bicyclic) bond motifs is 2. The summed E-state index contributed by atoms with van der Waals surface area (Å²) in [5.41, 5.74) is 4.08. The van der Waals surface area contributed by atoms with Gasteiger partial charge in [0.1, 0.15) is 17.4 Å². The second kappa shape index (κ2) is 6.83. The Kier molecular flexibility index (Phi) is 4.14. The van der Waals surface area contributed by atoms with Crippen molar-refractivity contribution in [3.8, 4) is 22.8 Å². The Morgan fingerprint density at radius 1 is 0.897 bits per heavy atom. The minimum absolute atomic E-state index is 0.314. The van der Waals surface area contributed by atoms with E-state index in [9.17, 15) is 4.39 Å². The molecule has 7 heteroatoms. The average molecular weight is 405 g/mol. The standard InChI is InChI=1S/C22H14ClFN4O/c1-29-19-11-10-15(12-16(19)23)28-21(13-6-8-14(24)9-7-13)27-20-22(28)26-18-5-3-2-4-17(18)25-20/h2-12H,1H3. The van der Waals surface area contributed by atoms with E-state index in [4.69, 9.17) is 26.3 Å². The summed E-state index contributed by atoms with van der Waals surface area (Å²) in [7, 11) is 1.56. The van der Waals surface area contributed by atoms with Crippen molar-refractivity contribution >= 4 is 33.9 Å². The summed E-state index contributed by atoms with van der Waals surface area (Å²) in [4.78, 5) is 14.1. The van der Waals surface area contributed by atoms with Crippen LogP contribution < -0.4 is 4.74 Å². The van der Waals surface area contributed by atoms with Gasteiger partial charge in [0.15, 0.2) is 11.3 Å². The van der Waals surface area contributed by atoms with Crippen molar-refractivity contribution < 1.29 is 9.13 Å². The van der Waals surface area contributed by atoms with E-state index in [1.807, 2.05) is 34.9 Å². The molecule has 0 N–H and O–H groups in total. The van der Waals surface area contributed by atoms with Gasteiger partial charge in [-0.3, -0.25) is 4.57 Å². The van der Waals surface area contributed by atoms with Crippen LogP contribution in [0.25, 0.3) is 39.4 Å². The first-order valence-electron chi connectivity index (χ1n) is 8.89. The molecule has 5 rings (SSSR count). The number of ether oxygens (including phenoxy) is 1. The Morgan fingerprint density at radius 2 is 1.62 bits per heavy atom. The van der Waals surface area contributed by atoms with Crippen molar-refractivity contribution in [2.75, 3.05) is 7.11 Å². The van der Waals surface area contributed by atoms with Crippen molar-refractivity contribution in [1.29, 1.82) is 0 Å². The number of hydrogen-bond acceptors (Lipinski definition) is 4. The molecule has 0 saturated heterocycles. The highest BCUT2D eigenvalue weighted by atomic mass is 35.5. The molecule has 0 aliphatic heterocycles. The van der Waals surface area contributed by atoms with Gasteiger partial charge < -0.3 is 4.74 Å². The number of halogens is 2. The van der Waals surface area contributed by atoms with Gasteiger partial charge in [0.2, 0.25) is 0 Å². The van der Waals surface area contributed by atoms with E-state index >= 15 is 0 Å². The topological polar surface area (TPSA) is 52.8 Å². The van der Waals surface area contributed by atoms with E-state index in [1.54, 1.807) is 31.4 Å². The maximum Gasteiger partial charge on any atom is 0.199 e. The van der Waals surface area contributed by atoms with Crippen LogP contribution in [-0.2, 0) is 0 Å². The van der Waals surface area contributed by atoms with Crippen LogP contribution in [0.1, 0.15) is 0 Å². The molecule has 2 heterocycles. The first-order valence-corrected chi connectivity index (χ1v) is 9.27. The van der Waals surface area contributed by atoms with E-state index in [0.29, 0.717) is 27.9 Å². The lowest BCUT2D eigenvalue weighted by Crippen LogP contribution is -2.00. The smallest absolute Gasteiger partial charge is 0.199 e. The van der Waals surface area contributed by atoms with Gasteiger partial charge in [-0.15, -0.1) is 0 Å². The fraction of sp³-hybridized carbons (Fsp3) is 0.0455. The van der Waals surface area contributed by atoms with Gasteiger partial charge in [0.25, 0.3) is 0 Å². The SMILES string of the molecule is COc1ccc(-n2c(-c3ccc(F)cc3)nc3nc4ccccc4nc32)cc1Cl. The lowest BCUT2D eigenvalue weighted by atomic mass is 10.2. The van der Waals surface area contributed by atoms with Crippen molar-refractivity contribution in [3.05, 3.63) is 77.6 Å². The highest BCUT2D eigenvalue weighted by Crippen LogP contribution is 2.32. The summed E-state index contributed by atoms with van der Waals surface area (Å²) >= 11 is 6.37. The number of aromatic nitrogens is 4. The first-order chi connectivity index (χ1) is 14.1. The Labute approximate surface area is 170 Å². The number of hydrogen-bond donors (Lipinski definition) is 0. The van der Waals surface area contributed by atoms with E-state index in [-0.39, 0.29) is 5.82 Å². The van der Waals surface area contributed by atoms with E-state index in [0.717, 1.165) is 22.3 Å². The van der Waals surface area contributed by atoms with Crippen LogP contribution in [0, 0.1) is 5.82 Å². The molecule has 5 nitrogen and oxygen atoms in total. The fourth-order valence-electron chi connectivity index (χ4n) is 3.29. The molecule has 3 aromatic carbocycles. The number of imidazole rings is 1. The van der Waals surface area contributed by atoms with Crippen LogP contribution in [-0.4, -0.2) is 26.6 Å². The minimum Gasteiger partial charge on any atom is -0.495 e. The molecule has 0 spiro atoms. The molecule has 0 aliphatic carbocycles. The summed E-state index contributed by atoms with van der Waals surface area (Å²) in [5, 5.41) is 0.464. The van der Waals surface area contributed by atoms with Crippen LogP contribution in [0.4, 0.5) is 4.39 Å². The second-order valence-electron chi connectivity index (χ2n) is 6.46. The summed E-state index contributed by atoms with van der Waals surface area (Å²) in [5.74, 6) is 0.849. The van der Waals surface area contributed by atoms with Crippen LogP contribution in [0.5, 0.6) is 5.75 Å². The molecule has 0 saturated carbocycles. The van der Waals surface area contributed by atoms with Crippen LogP contribution in [0.2, 0.25) is 5.02 Å². The molecule has 0 fully saturated rings. The Bertz CT molecular complexity index is 1370. The monoisotopic (exact) mass is 404 g/mol. The van der Waals surface area contributed by atoms with Crippen LogP contribution in [0.15, 0.2) is 66.7 Å². The molecule has 0 bridgehead atoms. The van der Waals surface area contributed by atoms with Crippen molar-refractivity contribution in [1.82, 2.24) is 19.5 Å². The third-order valence-corrected chi connectivity index (χ3v) is 4.96. The molecule has 29 heavy (non-hydrogen) atoms. The number of benzene rings is 3. The van der Waals surface area contributed by atoms with Crippen molar-refractivity contribution in [2.45, 2.75) is 0 Å². The number of nitrogens with zero attached hydrogens (tertiary/aromatic N) is 4. The molecule has 0 radical (unpaired) electrons. The third kappa shape index (κ3) is 2.98. The average Bonchev–Trinajstić information content (AvgIpc) is 3.10. The third-order valence-electron chi connectivity index (χ3n) is 4.67. The minimum atomic E-state index is -0.314. The largest absolute Gasteiger partial charge is 0.495 e. The molecule has 142 valence electrons. The van der Waals surface area contributed by atoms with Gasteiger partial charge in [-0.05, 0) is 54.6 Å². The van der Waals surface area contributed by atoms with E-state index in [1.165, 1.54) is 12.1 Å². The normalized spacial score (nSPS) is 11.3. The lowest BCUT2D eigenvalue weighted by Gasteiger charge is -2.11. The molecule has 2 aromatic heterocycles. The van der Waals surface area contributed by atoms with Gasteiger partial charge in [-0.2, -0.15) is 0 Å². The Balaban J connectivity index is 1.85. The number of methoxy groups -OCH3 is 1. The highest BCUT2D eigenvalue weighted by molar-refractivity contribution is 6.32. The summed E-state index contributed by atoms with van der Waals surface area (Å²) in [6.07, 6.45) is 0. The quantitative estimate of drug-likeness (QED) is 0.402. The molecular formula is C22H14ClFN4O.